The van der Waals surface area contributed by atoms with E-state index >= 15 is 0 Å². The van der Waals surface area contributed by atoms with Crippen molar-refractivity contribution in [2.75, 3.05) is 45.3 Å². The van der Waals surface area contributed by atoms with Crippen LogP contribution in [0.4, 0.5) is 5.82 Å². The van der Waals surface area contributed by atoms with E-state index in [1.807, 2.05) is 31.3 Å². The number of rotatable bonds is 7. The summed E-state index contributed by atoms with van der Waals surface area (Å²) in [6.07, 6.45) is 1.73. The monoisotopic (exact) mass is 499 g/mol. The number of benzene rings is 1. The second-order valence-corrected chi connectivity index (χ2v) is 9.17. The zero-order valence-electron chi connectivity index (χ0n) is 21.1. The molecule has 1 fully saturated rings. The van der Waals surface area contributed by atoms with Crippen molar-refractivity contribution in [2.45, 2.75) is 12.6 Å². The first-order valence-electron chi connectivity index (χ1n) is 12.1. The number of anilines is 1. The fourth-order valence-corrected chi connectivity index (χ4v) is 4.55. The summed E-state index contributed by atoms with van der Waals surface area (Å²) in [5, 5.41) is 21.1. The minimum absolute atomic E-state index is 0.211. The average molecular weight is 500 g/mol. The van der Waals surface area contributed by atoms with Crippen molar-refractivity contribution in [3.8, 4) is 17.5 Å². The van der Waals surface area contributed by atoms with Gasteiger partial charge in [-0.25, -0.2) is 4.98 Å². The van der Waals surface area contributed by atoms with Crippen molar-refractivity contribution in [1.82, 2.24) is 34.6 Å². The number of nitrogens with zero attached hydrogens (tertiary/aromatic N) is 8. The van der Waals surface area contributed by atoms with E-state index in [2.05, 4.69) is 38.3 Å². The van der Waals surface area contributed by atoms with Gasteiger partial charge in [-0.15, -0.1) is 0 Å². The van der Waals surface area contributed by atoms with Crippen LogP contribution in [-0.4, -0.2) is 81.6 Å². The topological polar surface area (TPSA) is 117 Å². The fourth-order valence-electron chi connectivity index (χ4n) is 4.55. The van der Waals surface area contributed by atoms with Crippen LogP contribution < -0.4 is 10.2 Å². The van der Waals surface area contributed by atoms with Crippen molar-refractivity contribution in [1.29, 1.82) is 5.26 Å². The Morgan fingerprint density at radius 3 is 2.70 bits per heavy atom. The Bertz CT molecular complexity index is 1450. The molecule has 11 nitrogen and oxygen atoms in total. The molecule has 1 aliphatic heterocycles. The lowest BCUT2D eigenvalue weighted by Crippen LogP contribution is -2.53. The van der Waals surface area contributed by atoms with Crippen LogP contribution in [0.5, 0.6) is 0 Å². The number of hydrogen-bond donors (Lipinski definition) is 1. The molecule has 11 heteroatoms. The van der Waals surface area contributed by atoms with E-state index in [1.54, 1.807) is 40.7 Å². The summed E-state index contributed by atoms with van der Waals surface area (Å²) in [5.41, 5.74) is 3.97. The first kappa shape index (κ1) is 24.4. The van der Waals surface area contributed by atoms with E-state index in [0.29, 0.717) is 30.1 Å². The molecule has 190 valence electrons. The van der Waals surface area contributed by atoms with Crippen LogP contribution in [0.15, 0.2) is 48.7 Å². The normalized spacial score (nSPS) is 16.2. The number of aryl methyl sites for hydroxylation is 1. The number of fused-ring (bicyclic) bond motifs is 1. The van der Waals surface area contributed by atoms with E-state index in [-0.39, 0.29) is 11.9 Å². The first-order valence-corrected chi connectivity index (χ1v) is 12.1. The molecule has 0 spiro atoms. The Balaban J connectivity index is 1.49. The predicted molar refractivity (Wildman–Crippen MR) is 138 cm³/mol. The number of amides is 1. The largest absolute Gasteiger partial charge is 0.383 e. The summed E-state index contributed by atoms with van der Waals surface area (Å²) >= 11 is 0. The van der Waals surface area contributed by atoms with Crippen molar-refractivity contribution >= 4 is 17.4 Å². The number of aromatic nitrogens is 5. The van der Waals surface area contributed by atoms with Gasteiger partial charge in [-0.2, -0.15) is 20.0 Å². The number of ether oxygens (including phenoxy) is 1. The Morgan fingerprint density at radius 2 is 2.00 bits per heavy atom. The Morgan fingerprint density at radius 1 is 1.19 bits per heavy atom. The van der Waals surface area contributed by atoms with Crippen molar-refractivity contribution < 1.29 is 9.53 Å². The van der Waals surface area contributed by atoms with Gasteiger partial charge in [0.25, 0.3) is 5.91 Å². The molecule has 1 aromatic carbocycles. The zero-order valence-corrected chi connectivity index (χ0v) is 21.1. The molecule has 4 aromatic rings. The molecular weight excluding hydrogens is 470 g/mol. The van der Waals surface area contributed by atoms with E-state index < -0.39 is 0 Å². The van der Waals surface area contributed by atoms with Gasteiger partial charge in [-0.3, -0.25) is 14.4 Å². The van der Waals surface area contributed by atoms with Crippen LogP contribution in [0.2, 0.25) is 0 Å². The standard InChI is InChI=1S/C26H29N9O2/c1-32-10-11-34(16-20(32)17-37-3)25-13-22(26(36)28-15-19-6-4-18(14-27)5-7-19)30-24-12-21(31-35(24)25)23-8-9-29-33(23)2/h4-9,12-13,20H,10-11,15-17H2,1-3H3,(H,28,36)/t20-/m1/s1. The van der Waals surface area contributed by atoms with Gasteiger partial charge < -0.3 is 15.0 Å². The molecule has 5 rings (SSSR count). The second-order valence-electron chi connectivity index (χ2n) is 9.17. The van der Waals surface area contributed by atoms with Gasteiger partial charge in [0.1, 0.15) is 17.2 Å². The van der Waals surface area contributed by atoms with Gasteiger partial charge >= 0.3 is 0 Å². The molecule has 0 aliphatic carbocycles. The lowest BCUT2D eigenvalue weighted by Gasteiger charge is -2.40. The highest BCUT2D eigenvalue weighted by atomic mass is 16.5. The smallest absolute Gasteiger partial charge is 0.270 e. The molecule has 37 heavy (non-hydrogen) atoms. The number of hydrogen-bond acceptors (Lipinski definition) is 8. The van der Waals surface area contributed by atoms with Crippen molar-refractivity contribution in [2.24, 2.45) is 7.05 Å². The number of carbonyl (C=O) groups excluding carboxylic acids is 1. The molecule has 1 N–H and O–H groups in total. The van der Waals surface area contributed by atoms with Crippen LogP contribution in [-0.2, 0) is 18.3 Å². The summed E-state index contributed by atoms with van der Waals surface area (Å²) in [6.45, 7) is 3.31. The molecular formula is C26H29N9O2. The van der Waals surface area contributed by atoms with E-state index in [1.165, 1.54) is 0 Å². The highest BCUT2D eigenvalue weighted by Gasteiger charge is 2.27. The zero-order chi connectivity index (χ0) is 25.9. The van der Waals surface area contributed by atoms with Crippen molar-refractivity contribution in [3.05, 3.63) is 65.5 Å². The first-order chi connectivity index (χ1) is 18.0. The van der Waals surface area contributed by atoms with E-state index in [0.717, 1.165) is 42.4 Å². The molecule has 1 saturated heterocycles. The van der Waals surface area contributed by atoms with Crippen LogP contribution in [0.1, 0.15) is 21.6 Å². The summed E-state index contributed by atoms with van der Waals surface area (Å²) in [6, 6.07) is 15.0. The summed E-state index contributed by atoms with van der Waals surface area (Å²) in [4.78, 5) is 22.4. The summed E-state index contributed by atoms with van der Waals surface area (Å²) in [5.74, 6) is 0.523. The molecule has 0 radical (unpaired) electrons. The minimum Gasteiger partial charge on any atom is -0.383 e. The molecule has 1 atom stereocenters. The average Bonchev–Trinajstić information content (AvgIpc) is 3.54. The van der Waals surface area contributed by atoms with Crippen molar-refractivity contribution in [3.63, 3.8) is 0 Å². The molecule has 4 heterocycles. The molecule has 1 aliphatic rings. The second kappa shape index (κ2) is 10.4. The number of nitriles is 1. The maximum Gasteiger partial charge on any atom is 0.270 e. The number of methoxy groups -OCH3 is 1. The maximum atomic E-state index is 13.2. The number of piperazine rings is 1. The minimum atomic E-state index is -0.279. The SMILES string of the molecule is COC[C@H]1CN(c2cc(C(=O)NCc3ccc(C#N)cc3)nc3cc(-c4ccnn4C)nn23)CCN1C. The maximum absolute atomic E-state index is 13.2. The number of carbonyl (C=O) groups is 1. The van der Waals surface area contributed by atoms with Gasteiger partial charge in [0, 0.05) is 58.7 Å². The van der Waals surface area contributed by atoms with Crippen LogP contribution >= 0.6 is 0 Å². The third-order valence-electron chi connectivity index (χ3n) is 6.72. The Kier molecular flexibility index (Phi) is 6.85. The van der Waals surface area contributed by atoms with E-state index in [4.69, 9.17) is 15.1 Å². The Labute approximate surface area is 214 Å². The van der Waals surface area contributed by atoms with E-state index in [9.17, 15) is 4.79 Å². The van der Waals surface area contributed by atoms with Crippen LogP contribution in [0.25, 0.3) is 17.0 Å². The highest BCUT2D eigenvalue weighted by molar-refractivity contribution is 5.93. The fraction of sp³-hybridized carbons (Fsp3) is 0.346. The molecule has 3 aromatic heterocycles. The molecule has 0 bridgehead atoms. The number of nitrogens with one attached hydrogen (secondary N) is 1. The van der Waals surface area contributed by atoms with Gasteiger partial charge in [-0.1, -0.05) is 12.1 Å². The van der Waals surface area contributed by atoms with Gasteiger partial charge in [0.2, 0.25) is 0 Å². The van der Waals surface area contributed by atoms with Gasteiger partial charge in [-0.05, 0) is 30.8 Å². The quantitative estimate of drug-likeness (QED) is 0.408. The van der Waals surface area contributed by atoms with Gasteiger partial charge in [0.15, 0.2) is 5.65 Å². The third-order valence-corrected chi connectivity index (χ3v) is 6.72. The highest BCUT2D eigenvalue weighted by Crippen LogP contribution is 2.25. The Hall–Kier alpha value is -4.27. The molecule has 0 saturated carbocycles. The predicted octanol–water partition coefficient (Wildman–Crippen LogP) is 1.70. The summed E-state index contributed by atoms with van der Waals surface area (Å²) < 4.78 is 9.01. The third kappa shape index (κ3) is 5.02. The van der Waals surface area contributed by atoms with Crippen LogP contribution in [0.3, 0.4) is 0 Å². The summed E-state index contributed by atoms with van der Waals surface area (Å²) in [7, 11) is 5.67. The lowest BCUT2D eigenvalue weighted by molar-refractivity contribution is 0.0945. The number of likely N-dealkylation sites (N-methyl/N-ethyl adjacent to an activating group) is 1. The molecule has 0 unspecified atom stereocenters. The van der Waals surface area contributed by atoms with Crippen LogP contribution in [0, 0.1) is 11.3 Å². The van der Waals surface area contributed by atoms with Gasteiger partial charge in [0.05, 0.1) is 30.0 Å². The molecule has 1 amide bonds. The lowest BCUT2D eigenvalue weighted by atomic mass is 10.1.